The molecule has 1 amide bonds. The lowest BCUT2D eigenvalue weighted by molar-refractivity contribution is 0.0950. The summed E-state index contributed by atoms with van der Waals surface area (Å²) in [5.74, 6) is -0.372. The number of amides is 1. The van der Waals surface area contributed by atoms with Gasteiger partial charge in [-0.05, 0) is 24.6 Å². The van der Waals surface area contributed by atoms with Gasteiger partial charge in [-0.1, -0.05) is 11.6 Å². The van der Waals surface area contributed by atoms with E-state index in [4.69, 9.17) is 11.6 Å². The third-order valence-corrected chi connectivity index (χ3v) is 3.67. The molecule has 0 aliphatic carbocycles. The third-order valence-electron chi connectivity index (χ3n) is 1.55. The zero-order chi connectivity index (χ0) is 12.0. The van der Waals surface area contributed by atoms with Gasteiger partial charge in [-0.2, -0.15) is 5.10 Å². The molecule has 16 heavy (non-hydrogen) atoms. The summed E-state index contributed by atoms with van der Waals surface area (Å²) >= 11 is 8.67. The standard InChI is InChI=1S/C9H10ClN3OS2/c1-15-9(16-2)13-12-8(14)7-5-6(10)3-4-11-7/h3-5H,1-2H3,(H,12,14). The molecule has 1 N–H and O–H groups in total. The number of rotatable bonds is 2. The number of hydrogen-bond donors (Lipinski definition) is 1. The van der Waals surface area contributed by atoms with E-state index in [1.54, 1.807) is 6.07 Å². The number of pyridine rings is 1. The predicted molar refractivity (Wildman–Crippen MR) is 71.2 cm³/mol. The van der Waals surface area contributed by atoms with Crippen LogP contribution in [0.3, 0.4) is 0 Å². The van der Waals surface area contributed by atoms with Gasteiger partial charge < -0.3 is 0 Å². The van der Waals surface area contributed by atoms with E-state index in [1.165, 1.54) is 35.8 Å². The summed E-state index contributed by atoms with van der Waals surface area (Å²) in [6.07, 6.45) is 5.25. The first-order valence-corrected chi connectivity index (χ1v) is 7.07. The molecule has 0 atom stereocenters. The van der Waals surface area contributed by atoms with Crippen LogP contribution in [-0.2, 0) is 0 Å². The first-order valence-electron chi connectivity index (χ1n) is 4.25. The van der Waals surface area contributed by atoms with Gasteiger partial charge in [-0.25, -0.2) is 5.43 Å². The van der Waals surface area contributed by atoms with Crippen molar-refractivity contribution in [1.29, 1.82) is 0 Å². The van der Waals surface area contributed by atoms with Crippen molar-refractivity contribution in [2.75, 3.05) is 12.5 Å². The molecule has 0 bridgehead atoms. The maximum atomic E-state index is 11.6. The first-order chi connectivity index (χ1) is 7.67. The van der Waals surface area contributed by atoms with Crippen molar-refractivity contribution in [3.63, 3.8) is 0 Å². The van der Waals surface area contributed by atoms with Crippen molar-refractivity contribution in [3.05, 3.63) is 29.0 Å². The number of carbonyl (C=O) groups is 1. The molecule has 1 heterocycles. The van der Waals surface area contributed by atoms with Crippen LogP contribution in [-0.4, -0.2) is 27.8 Å². The van der Waals surface area contributed by atoms with E-state index in [1.807, 2.05) is 12.5 Å². The SMILES string of the molecule is CSC(=NNC(=O)c1cc(Cl)ccn1)SC. The molecule has 4 nitrogen and oxygen atoms in total. The average Bonchev–Trinajstić information content (AvgIpc) is 2.30. The molecule has 0 radical (unpaired) electrons. The van der Waals surface area contributed by atoms with Crippen LogP contribution in [0.15, 0.2) is 23.4 Å². The van der Waals surface area contributed by atoms with Crippen molar-refractivity contribution < 1.29 is 4.79 Å². The number of halogens is 1. The highest BCUT2D eigenvalue weighted by atomic mass is 35.5. The molecule has 0 aromatic carbocycles. The number of hydrogen-bond acceptors (Lipinski definition) is 5. The molecule has 1 aromatic rings. The molecule has 0 unspecified atom stereocenters. The normalized spacial score (nSPS) is 9.69. The summed E-state index contributed by atoms with van der Waals surface area (Å²) < 4.78 is 0.773. The molecule has 0 saturated carbocycles. The smallest absolute Gasteiger partial charge is 0.266 e. The van der Waals surface area contributed by atoms with Crippen LogP contribution in [0.25, 0.3) is 0 Å². The minimum absolute atomic E-state index is 0.248. The highest BCUT2D eigenvalue weighted by Gasteiger charge is 2.06. The van der Waals surface area contributed by atoms with E-state index < -0.39 is 0 Å². The highest BCUT2D eigenvalue weighted by molar-refractivity contribution is 8.38. The minimum Gasteiger partial charge on any atom is -0.266 e. The van der Waals surface area contributed by atoms with E-state index in [0.717, 1.165) is 4.38 Å². The third kappa shape index (κ3) is 4.03. The topological polar surface area (TPSA) is 54.4 Å². The number of nitrogens with zero attached hydrogens (tertiary/aromatic N) is 2. The van der Waals surface area contributed by atoms with Crippen LogP contribution in [0.1, 0.15) is 10.5 Å². The summed E-state index contributed by atoms with van der Waals surface area (Å²) in [4.78, 5) is 15.5. The first kappa shape index (κ1) is 13.3. The summed E-state index contributed by atoms with van der Waals surface area (Å²) in [5.41, 5.74) is 2.66. The van der Waals surface area contributed by atoms with E-state index in [2.05, 4.69) is 15.5 Å². The summed E-state index contributed by atoms with van der Waals surface area (Å²) in [6.45, 7) is 0. The fourth-order valence-corrected chi connectivity index (χ4v) is 1.96. The fraction of sp³-hybridized carbons (Fsp3) is 0.222. The Morgan fingerprint density at radius 2 is 2.19 bits per heavy atom. The molecule has 86 valence electrons. The number of nitrogens with one attached hydrogen (secondary N) is 1. The van der Waals surface area contributed by atoms with Gasteiger partial charge in [0.25, 0.3) is 5.91 Å². The van der Waals surface area contributed by atoms with E-state index in [-0.39, 0.29) is 11.6 Å². The zero-order valence-corrected chi connectivity index (χ0v) is 11.1. The van der Waals surface area contributed by atoms with E-state index in [9.17, 15) is 4.79 Å². The Labute approximate surface area is 107 Å². The molecule has 1 aromatic heterocycles. The van der Waals surface area contributed by atoms with E-state index >= 15 is 0 Å². The quantitative estimate of drug-likeness (QED) is 0.512. The number of aromatic nitrogens is 1. The second-order valence-electron chi connectivity index (χ2n) is 2.59. The van der Waals surface area contributed by atoms with Crippen molar-refractivity contribution >= 4 is 45.4 Å². The van der Waals surface area contributed by atoms with Crippen molar-refractivity contribution in [1.82, 2.24) is 10.4 Å². The van der Waals surface area contributed by atoms with Crippen molar-refractivity contribution in [2.45, 2.75) is 0 Å². The largest absolute Gasteiger partial charge is 0.290 e. The Kier molecular flexibility index (Phi) is 5.65. The Bertz CT molecular complexity index is 405. The summed E-state index contributed by atoms with van der Waals surface area (Å²) in [7, 11) is 0. The van der Waals surface area contributed by atoms with Crippen LogP contribution in [0, 0.1) is 0 Å². The molecule has 7 heteroatoms. The zero-order valence-electron chi connectivity index (χ0n) is 8.73. The van der Waals surface area contributed by atoms with Gasteiger partial charge in [-0.3, -0.25) is 9.78 Å². The molecule has 0 aliphatic rings. The van der Waals surface area contributed by atoms with Gasteiger partial charge in [0.05, 0.1) is 0 Å². The van der Waals surface area contributed by atoms with Crippen LogP contribution in [0.2, 0.25) is 5.02 Å². The highest BCUT2D eigenvalue weighted by Crippen LogP contribution is 2.10. The Balaban J connectivity index is 2.69. The predicted octanol–water partition coefficient (Wildman–Crippen LogP) is 2.46. The van der Waals surface area contributed by atoms with Gasteiger partial charge in [-0.15, -0.1) is 23.5 Å². The van der Waals surface area contributed by atoms with Crippen LogP contribution in [0.4, 0.5) is 0 Å². The lowest BCUT2D eigenvalue weighted by Gasteiger charge is -2.01. The van der Waals surface area contributed by atoms with Crippen LogP contribution in [0.5, 0.6) is 0 Å². The Morgan fingerprint density at radius 3 is 2.75 bits per heavy atom. The van der Waals surface area contributed by atoms with Crippen molar-refractivity contribution in [3.8, 4) is 0 Å². The Hall–Kier alpha value is -0.720. The second-order valence-corrected chi connectivity index (χ2v) is 4.87. The van der Waals surface area contributed by atoms with Crippen LogP contribution >= 0.6 is 35.1 Å². The maximum absolute atomic E-state index is 11.6. The minimum atomic E-state index is -0.372. The molecule has 0 spiro atoms. The molecular weight excluding hydrogens is 266 g/mol. The molecule has 1 rings (SSSR count). The van der Waals surface area contributed by atoms with Gasteiger partial charge in [0.1, 0.15) is 10.1 Å². The maximum Gasteiger partial charge on any atom is 0.290 e. The van der Waals surface area contributed by atoms with Crippen molar-refractivity contribution in [2.24, 2.45) is 5.10 Å². The van der Waals surface area contributed by atoms with Crippen LogP contribution < -0.4 is 5.43 Å². The number of thioether (sulfide) groups is 2. The summed E-state index contributed by atoms with van der Waals surface area (Å²) in [6, 6.07) is 3.10. The summed E-state index contributed by atoms with van der Waals surface area (Å²) in [5, 5.41) is 4.40. The lowest BCUT2D eigenvalue weighted by atomic mass is 10.3. The number of carbonyl (C=O) groups excluding carboxylic acids is 1. The second kappa shape index (κ2) is 6.78. The fourth-order valence-electron chi connectivity index (χ4n) is 0.857. The van der Waals surface area contributed by atoms with Gasteiger partial charge in [0, 0.05) is 11.2 Å². The van der Waals surface area contributed by atoms with Gasteiger partial charge in [0.2, 0.25) is 0 Å². The molecular formula is C9H10ClN3OS2. The molecule has 0 saturated heterocycles. The monoisotopic (exact) mass is 275 g/mol. The molecule has 0 fully saturated rings. The Morgan fingerprint density at radius 1 is 1.50 bits per heavy atom. The molecule has 0 aliphatic heterocycles. The average molecular weight is 276 g/mol. The van der Waals surface area contributed by atoms with E-state index in [0.29, 0.717) is 5.02 Å². The van der Waals surface area contributed by atoms with Gasteiger partial charge in [0.15, 0.2) is 0 Å². The number of hydrazone groups is 1. The lowest BCUT2D eigenvalue weighted by Crippen LogP contribution is -2.19. The van der Waals surface area contributed by atoms with Gasteiger partial charge >= 0.3 is 0 Å².